The second-order valence-electron chi connectivity index (χ2n) is 6.72. The van der Waals surface area contributed by atoms with Gasteiger partial charge in [-0.3, -0.25) is 9.10 Å². The van der Waals surface area contributed by atoms with Gasteiger partial charge in [0.05, 0.1) is 10.6 Å². The molecular weight excluding hydrogens is 391 g/mol. The van der Waals surface area contributed by atoms with Gasteiger partial charge in [0.1, 0.15) is 12.4 Å². The number of rotatable bonds is 6. The summed E-state index contributed by atoms with van der Waals surface area (Å²) in [4.78, 5) is 12.7. The van der Waals surface area contributed by atoms with E-state index in [9.17, 15) is 17.6 Å². The molecule has 5 nitrogen and oxygen atoms in total. The van der Waals surface area contributed by atoms with Crippen molar-refractivity contribution >= 4 is 27.3 Å². The maximum Gasteiger partial charge on any atom is 0.264 e. The van der Waals surface area contributed by atoms with Crippen LogP contribution in [0.15, 0.2) is 77.7 Å². The molecule has 0 aliphatic heterocycles. The number of hydrogen-bond acceptors (Lipinski definition) is 3. The van der Waals surface area contributed by atoms with Crippen molar-refractivity contribution in [2.45, 2.75) is 18.7 Å². The highest BCUT2D eigenvalue weighted by atomic mass is 32.2. The number of aryl methyl sites for hydroxylation is 2. The van der Waals surface area contributed by atoms with E-state index < -0.39 is 28.3 Å². The maximum absolute atomic E-state index is 13.3. The Bertz CT molecular complexity index is 1090. The Kier molecular flexibility index (Phi) is 5.98. The van der Waals surface area contributed by atoms with Gasteiger partial charge >= 0.3 is 0 Å². The fourth-order valence-corrected chi connectivity index (χ4v) is 4.15. The maximum atomic E-state index is 13.3. The summed E-state index contributed by atoms with van der Waals surface area (Å²) in [6, 6.07) is 18.6. The van der Waals surface area contributed by atoms with Crippen LogP contribution >= 0.6 is 0 Å². The predicted molar refractivity (Wildman–Crippen MR) is 112 cm³/mol. The first-order valence-corrected chi connectivity index (χ1v) is 10.4. The number of hydrogen-bond donors (Lipinski definition) is 1. The summed E-state index contributed by atoms with van der Waals surface area (Å²) in [6.45, 7) is 3.34. The summed E-state index contributed by atoms with van der Waals surface area (Å²) >= 11 is 0. The fraction of sp³-hybridized carbons (Fsp3) is 0.136. The van der Waals surface area contributed by atoms with Gasteiger partial charge in [0.25, 0.3) is 10.0 Å². The number of nitrogens with one attached hydrogen (secondary N) is 1. The SMILES string of the molecule is Cc1ccc(N(CC(=O)Nc2ccc(F)cc2)S(=O)(=O)c2ccc(C)cc2)cc1. The lowest BCUT2D eigenvalue weighted by Crippen LogP contribution is -2.38. The molecular formula is C22H21FN2O3S. The Morgan fingerprint density at radius 2 is 1.38 bits per heavy atom. The van der Waals surface area contributed by atoms with Crippen LogP contribution in [0.2, 0.25) is 0 Å². The standard InChI is InChI=1S/C22H21FN2O3S/c1-16-3-11-20(12-4-16)25(29(27,28)21-13-5-17(2)6-14-21)15-22(26)24-19-9-7-18(23)8-10-19/h3-14H,15H2,1-2H3,(H,24,26). The molecule has 0 bridgehead atoms. The summed E-state index contributed by atoms with van der Waals surface area (Å²) in [6.07, 6.45) is 0. The zero-order chi connectivity index (χ0) is 21.0. The summed E-state index contributed by atoms with van der Waals surface area (Å²) in [5.74, 6) is -0.959. The molecule has 0 heterocycles. The quantitative estimate of drug-likeness (QED) is 0.657. The first kappa shape index (κ1) is 20.5. The van der Waals surface area contributed by atoms with Crippen molar-refractivity contribution in [3.8, 4) is 0 Å². The molecule has 7 heteroatoms. The van der Waals surface area contributed by atoms with Crippen LogP contribution in [-0.2, 0) is 14.8 Å². The normalized spacial score (nSPS) is 11.1. The minimum atomic E-state index is -3.97. The van der Waals surface area contributed by atoms with Crippen LogP contribution in [-0.4, -0.2) is 20.9 Å². The molecule has 0 aromatic heterocycles. The second kappa shape index (κ2) is 8.45. The van der Waals surface area contributed by atoms with E-state index in [4.69, 9.17) is 0 Å². The molecule has 0 aliphatic carbocycles. The van der Waals surface area contributed by atoms with Gasteiger partial charge in [-0.15, -0.1) is 0 Å². The lowest BCUT2D eigenvalue weighted by Gasteiger charge is -2.24. The highest BCUT2D eigenvalue weighted by molar-refractivity contribution is 7.92. The van der Waals surface area contributed by atoms with Crippen molar-refractivity contribution in [1.82, 2.24) is 0 Å². The molecule has 0 spiro atoms. The van der Waals surface area contributed by atoms with Gasteiger partial charge < -0.3 is 5.32 Å². The molecule has 3 aromatic carbocycles. The third-order valence-corrected chi connectivity index (χ3v) is 6.13. The number of anilines is 2. The average Bonchev–Trinajstić information content (AvgIpc) is 2.69. The number of amides is 1. The summed E-state index contributed by atoms with van der Waals surface area (Å²) in [5.41, 5.74) is 2.66. The Morgan fingerprint density at radius 1 is 0.862 bits per heavy atom. The largest absolute Gasteiger partial charge is 0.325 e. The molecule has 1 N–H and O–H groups in total. The third kappa shape index (κ3) is 5.00. The van der Waals surface area contributed by atoms with Gasteiger partial charge in [-0.25, -0.2) is 12.8 Å². The lowest BCUT2D eigenvalue weighted by atomic mass is 10.2. The topological polar surface area (TPSA) is 66.5 Å². The number of benzene rings is 3. The van der Waals surface area contributed by atoms with E-state index in [1.165, 1.54) is 36.4 Å². The minimum Gasteiger partial charge on any atom is -0.325 e. The Morgan fingerprint density at radius 3 is 1.93 bits per heavy atom. The molecule has 3 rings (SSSR count). The molecule has 0 saturated carbocycles. The van der Waals surface area contributed by atoms with Gasteiger partial charge in [0.15, 0.2) is 0 Å². The second-order valence-corrected chi connectivity index (χ2v) is 8.58. The van der Waals surface area contributed by atoms with Crippen molar-refractivity contribution < 1.29 is 17.6 Å². The summed E-state index contributed by atoms with van der Waals surface area (Å²) in [7, 11) is -3.97. The Hall–Kier alpha value is -3.19. The van der Waals surface area contributed by atoms with Crippen LogP contribution in [0, 0.1) is 19.7 Å². The van der Waals surface area contributed by atoms with Gasteiger partial charge in [0, 0.05) is 5.69 Å². The van der Waals surface area contributed by atoms with Gasteiger partial charge in [-0.05, 0) is 62.4 Å². The highest BCUT2D eigenvalue weighted by Crippen LogP contribution is 2.24. The van der Waals surface area contributed by atoms with Crippen LogP contribution in [0.3, 0.4) is 0 Å². The number of carbonyl (C=O) groups excluding carboxylic acids is 1. The zero-order valence-corrected chi connectivity index (χ0v) is 16.9. The van der Waals surface area contributed by atoms with E-state index in [0.717, 1.165) is 15.4 Å². The van der Waals surface area contributed by atoms with Crippen LogP contribution in [0.5, 0.6) is 0 Å². The van der Waals surface area contributed by atoms with Crippen molar-refractivity contribution in [3.05, 3.63) is 89.7 Å². The van der Waals surface area contributed by atoms with Crippen molar-refractivity contribution in [2.24, 2.45) is 0 Å². The molecule has 0 saturated heterocycles. The van der Waals surface area contributed by atoms with Crippen molar-refractivity contribution in [3.63, 3.8) is 0 Å². The van der Waals surface area contributed by atoms with Crippen LogP contribution in [0.1, 0.15) is 11.1 Å². The van der Waals surface area contributed by atoms with Crippen molar-refractivity contribution in [1.29, 1.82) is 0 Å². The van der Waals surface area contributed by atoms with E-state index in [0.29, 0.717) is 11.4 Å². The van der Waals surface area contributed by atoms with Gasteiger partial charge in [0.2, 0.25) is 5.91 Å². The Balaban J connectivity index is 1.92. The van der Waals surface area contributed by atoms with E-state index in [-0.39, 0.29) is 4.90 Å². The van der Waals surface area contributed by atoms with Crippen LogP contribution in [0.25, 0.3) is 0 Å². The number of carbonyl (C=O) groups is 1. The number of sulfonamides is 1. The Labute approximate surface area is 169 Å². The number of nitrogens with zero attached hydrogens (tertiary/aromatic N) is 1. The first-order valence-electron chi connectivity index (χ1n) is 8.97. The lowest BCUT2D eigenvalue weighted by molar-refractivity contribution is -0.114. The van der Waals surface area contributed by atoms with E-state index in [1.54, 1.807) is 36.4 Å². The predicted octanol–water partition coefficient (Wildman–Crippen LogP) is 4.28. The molecule has 0 aliphatic rings. The fourth-order valence-electron chi connectivity index (χ4n) is 2.73. The molecule has 0 atom stereocenters. The zero-order valence-electron chi connectivity index (χ0n) is 16.1. The molecule has 29 heavy (non-hydrogen) atoms. The number of halogens is 1. The molecule has 0 unspecified atom stereocenters. The highest BCUT2D eigenvalue weighted by Gasteiger charge is 2.27. The average molecular weight is 412 g/mol. The van der Waals surface area contributed by atoms with Gasteiger partial charge in [-0.1, -0.05) is 35.4 Å². The van der Waals surface area contributed by atoms with E-state index >= 15 is 0 Å². The smallest absolute Gasteiger partial charge is 0.264 e. The van der Waals surface area contributed by atoms with Gasteiger partial charge in [-0.2, -0.15) is 0 Å². The third-order valence-electron chi connectivity index (χ3n) is 4.35. The van der Waals surface area contributed by atoms with Crippen LogP contribution in [0.4, 0.5) is 15.8 Å². The summed E-state index contributed by atoms with van der Waals surface area (Å²) < 4.78 is 40.6. The van der Waals surface area contributed by atoms with E-state index in [1.807, 2.05) is 13.8 Å². The van der Waals surface area contributed by atoms with Crippen LogP contribution < -0.4 is 9.62 Å². The monoisotopic (exact) mass is 412 g/mol. The minimum absolute atomic E-state index is 0.0956. The molecule has 0 fully saturated rings. The molecule has 0 radical (unpaired) electrons. The first-order chi connectivity index (χ1) is 13.8. The molecule has 1 amide bonds. The molecule has 3 aromatic rings. The van der Waals surface area contributed by atoms with E-state index in [2.05, 4.69) is 5.32 Å². The van der Waals surface area contributed by atoms with Crippen molar-refractivity contribution in [2.75, 3.05) is 16.2 Å². The summed E-state index contributed by atoms with van der Waals surface area (Å²) in [5, 5.41) is 2.60. The molecule has 150 valence electrons.